The van der Waals surface area contributed by atoms with Crippen molar-refractivity contribution >= 4 is 0 Å². The number of hydrogen-bond donors (Lipinski definition) is 0. The van der Waals surface area contributed by atoms with Crippen molar-refractivity contribution in [2.24, 2.45) is 0 Å². The van der Waals surface area contributed by atoms with E-state index in [-0.39, 0.29) is 12.4 Å². The Labute approximate surface area is 165 Å². The van der Waals surface area contributed by atoms with Gasteiger partial charge in [-0.05, 0) is 34.4 Å². The second kappa shape index (κ2) is 8.46. The minimum atomic E-state index is -0.293. The number of rotatable bonds is 6. The van der Waals surface area contributed by atoms with Crippen molar-refractivity contribution in [1.82, 2.24) is 0 Å². The highest BCUT2D eigenvalue weighted by Crippen LogP contribution is 2.41. The van der Waals surface area contributed by atoms with Crippen molar-refractivity contribution in [3.8, 4) is 11.5 Å². The Kier molecular flexibility index (Phi) is 5.60. The molecule has 0 aromatic heterocycles. The third-order valence-electron chi connectivity index (χ3n) is 4.98. The molecule has 1 aliphatic heterocycles. The summed E-state index contributed by atoms with van der Waals surface area (Å²) in [7, 11) is 3.34. The highest BCUT2D eigenvalue weighted by Gasteiger charge is 2.30. The van der Waals surface area contributed by atoms with Gasteiger partial charge in [0.25, 0.3) is 0 Å². The molecule has 4 nitrogen and oxygen atoms in total. The maximum atomic E-state index is 6.22. The third kappa shape index (κ3) is 3.88. The van der Waals surface area contributed by atoms with Crippen LogP contribution >= 0.6 is 0 Å². The Morgan fingerprint density at radius 1 is 0.893 bits per heavy atom. The van der Waals surface area contributed by atoms with Crippen LogP contribution in [0.15, 0.2) is 72.8 Å². The number of methoxy groups -OCH3 is 2. The lowest BCUT2D eigenvalue weighted by molar-refractivity contribution is -0.153. The highest BCUT2D eigenvalue weighted by atomic mass is 16.7. The zero-order valence-electron chi connectivity index (χ0n) is 16.1. The minimum Gasteiger partial charge on any atom is -0.493 e. The van der Waals surface area contributed by atoms with Gasteiger partial charge in [0.1, 0.15) is 12.7 Å². The highest BCUT2D eigenvalue weighted by molar-refractivity contribution is 5.51. The predicted octanol–water partition coefficient (Wildman–Crippen LogP) is 4.91. The van der Waals surface area contributed by atoms with Crippen LogP contribution in [0.25, 0.3) is 0 Å². The van der Waals surface area contributed by atoms with E-state index in [1.807, 2.05) is 60.7 Å². The smallest absolute Gasteiger partial charge is 0.162 e. The van der Waals surface area contributed by atoms with Gasteiger partial charge in [-0.3, -0.25) is 0 Å². The van der Waals surface area contributed by atoms with E-state index in [0.29, 0.717) is 18.8 Å². The molecule has 3 aromatic carbocycles. The molecule has 0 spiro atoms. The molecule has 0 bridgehead atoms. The van der Waals surface area contributed by atoms with Crippen molar-refractivity contribution in [3.05, 3.63) is 95.1 Å². The lowest BCUT2D eigenvalue weighted by Crippen LogP contribution is -2.28. The van der Waals surface area contributed by atoms with Gasteiger partial charge in [-0.1, -0.05) is 60.7 Å². The average Bonchev–Trinajstić information content (AvgIpc) is 2.77. The van der Waals surface area contributed by atoms with E-state index in [9.17, 15) is 0 Å². The molecule has 1 aliphatic rings. The van der Waals surface area contributed by atoms with Crippen molar-refractivity contribution in [2.75, 3.05) is 14.2 Å². The van der Waals surface area contributed by atoms with Crippen molar-refractivity contribution in [3.63, 3.8) is 0 Å². The summed E-state index contributed by atoms with van der Waals surface area (Å²) < 4.78 is 23.4. The summed E-state index contributed by atoms with van der Waals surface area (Å²) in [6.07, 6.45) is 0.170. The molecule has 0 radical (unpaired) electrons. The Morgan fingerprint density at radius 2 is 1.61 bits per heavy atom. The van der Waals surface area contributed by atoms with E-state index in [1.165, 1.54) is 0 Å². The normalized spacial score (nSPS) is 18.4. The van der Waals surface area contributed by atoms with Gasteiger partial charge >= 0.3 is 0 Å². The lowest BCUT2D eigenvalue weighted by atomic mass is 9.92. The third-order valence-corrected chi connectivity index (χ3v) is 4.98. The van der Waals surface area contributed by atoms with Crippen molar-refractivity contribution < 1.29 is 18.9 Å². The molecule has 0 unspecified atom stereocenters. The van der Waals surface area contributed by atoms with Gasteiger partial charge in [-0.15, -0.1) is 0 Å². The largest absolute Gasteiger partial charge is 0.493 e. The molecule has 144 valence electrons. The molecular formula is C24H24O4. The van der Waals surface area contributed by atoms with Gasteiger partial charge in [0.15, 0.2) is 17.8 Å². The van der Waals surface area contributed by atoms with Crippen LogP contribution in [0.3, 0.4) is 0 Å². The minimum absolute atomic E-state index is 0.208. The lowest BCUT2D eigenvalue weighted by Gasteiger charge is -2.32. The van der Waals surface area contributed by atoms with E-state index in [4.69, 9.17) is 18.9 Å². The van der Waals surface area contributed by atoms with Gasteiger partial charge in [0.2, 0.25) is 0 Å². The SMILES string of the molecule is COc1cc2c(cc1OCc1ccccc1)[C@H](c1ccccc1)O[C@H](OC)C2. The van der Waals surface area contributed by atoms with Crippen LogP contribution in [0.1, 0.15) is 28.4 Å². The molecule has 0 saturated heterocycles. The van der Waals surface area contributed by atoms with Crippen molar-refractivity contribution in [1.29, 1.82) is 0 Å². The van der Waals surface area contributed by atoms with Crippen LogP contribution in [-0.4, -0.2) is 20.5 Å². The van der Waals surface area contributed by atoms with Gasteiger partial charge in [-0.2, -0.15) is 0 Å². The van der Waals surface area contributed by atoms with Crippen LogP contribution < -0.4 is 9.47 Å². The first-order chi connectivity index (χ1) is 13.8. The molecule has 1 heterocycles. The Bertz CT molecular complexity index is 909. The van der Waals surface area contributed by atoms with Gasteiger partial charge in [0, 0.05) is 13.5 Å². The Hall–Kier alpha value is -2.82. The Morgan fingerprint density at radius 3 is 2.29 bits per heavy atom. The van der Waals surface area contributed by atoms with Crippen LogP contribution in [0, 0.1) is 0 Å². The maximum absolute atomic E-state index is 6.22. The first kappa shape index (κ1) is 18.5. The summed E-state index contributed by atoms with van der Waals surface area (Å²) in [5.41, 5.74) is 4.43. The Balaban J connectivity index is 1.70. The van der Waals surface area contributed by atoms with Gasteiger partial charge in [-0.25, -0.2) is 0 Å². The zero-order chi connectivity index (χ0) is 19.3. The second-order valence-electron chi connectivity index (χ2n) is 6.77. The van der Waals surface area contributed by atoms with Crippen LogP contribution in [0.4, 0.5) is 0 Å². The molecule has 4 rings (SSSR count). The second-order valence-corrected chi connectivity index (χ2v) is 6.77. The first-order valence-corrected chi connectivity index (χ1v) is 9.39. The average molecular weight is 376 g/mol. The monoisotopic (exact) mass is 376 g/mol. The number of hydrogen-bond acceptors (Lipinski definition) is 4. The van der Waals surface area contributed by atoms with Crippen LogP contribution in [0.5, 0.6) is 11.5 Å². The maximum Gasteiger partial charge on any atom is 0.162 e. The molecular weight excluding hydrogens is 352 g/mol. The topological polar surface area (TPSA) is 36.9 Å². The van der Waals surface area contributed by atoms with E-state index in [2.05, 4.69) is 12.1 Å². The summed E-state index contributed by atoms with van der Waals surface area (Å²) in [5.74, 6) is 1.43. The fourth-order valence-corrected chi connectivity index (χ4v) is 3.52. The summed E-state index contributed by atoms with van der Waals surface area (Å²) in [6.45, 7) is 0.480. The standard InChI is InChI=1S/C24H24O4/c1-25-21-13-19-14-23(26-2)28-24(18-11-7-4-8-12-18)20(19)15-22(21)27-16-17-9-5-3-6-10-17/h3-13,15,23-24H,14,16H2,1-2H3/t23-,24-/m0/s1. The van der Waals surface area contributed by atoms with E-state index >= 15 is 0 Å². The van der Waals surface area contributed by atoms with Crippen molar-refractivity contribution in [2.45, 2.75) is 25.4 Å². The van der Waals surface area contributed by atoms with Gasteiger partial charge < -0.3 is 18.9 Å². The number of ether oxygens (including phenoxy) is 4. The molecule has 0 amide bonds. The van der Waals surface area contributed by atoms with E-state index in [0.717, 1.165) is 28.0 Å². The molecule has 0 N–H and O–H groups in total. The summed E-state index contributed by atoms with van der Waals surface area (Å²) in [6, 6.07) is 24.4. The molecule has 3 aromatic rings. The van der Waals surface area contributed by atoms with Crippen LogP contribution in [-0.2, 0) is 22.5 Å². The van der Waals surface area contributed by atoms with Crippen LogP contribution in [0.2, 0.25) is 0 Å². The fourth-order valence-electron chi connectivity index (χ4n) is 3.52. The summed E-state index contributed by atoms with van der Waals surface area (Å²) >= 11 is 0. The molecule has 4 heteroatoms. The number of benzene rings is 3. The quantitative estimate of drug-likeness (QED) is 0.613. The summed E-state index contributed by atoms with van der Waals surface area (Å²) in [5, 5.41) is 0. The fraction of sp³-hybridized carbons (Fsp3) is 0.250. The first-order valence-electron chi connectivity index (χ1n) is 9.39. The van der Waals surface area contributed by atoms with Gasteiger partial charge in [0.05, 0.1) is 7.11 Å². The number of fused-ring (bicyclic) bond motifs is 1. The van der Waals surface area contributed by atoms with E-state index in [1.54, 1.807) is 14.2 Å². The predicted molar refractivity (Wildman–Crippen MR) is 108 cm³/mol. The summed E-state index contributed by atoms with van der Waals surface area (Å²) in [4.78, 5) is 0. The molecule has 0 saturated carbocycles. The zero-order valence-corrected chi connectivity index (χ0v) is 16.1. The molecule has 0 aliphatic carbocycles. The molecule has 28 heavy (non-hydrogen) atoms. The molecule has 0 fully saturated rings. The van der Waals surface area contributed by atoms with E-state index < -0.39 is 0 Å². The molecule has 2 atom stereocenters.